The van der Waals surface area contributed by atoms with Crippen molar-refractivity contribution in [2.45, 2.75) is 26.8 Å². The normalized spacial score (nSPS) is 11.1. The van der Waals surface area contributed by atoms with E-state index in [1.807, 2.05) is 45.0 Å². The maximum atomic E-state index is 13.1. The van der Waals surface area contributed by atoms with Crippen LogP contribution in [0.15, 0.2) is 54.9 Å². The molecule has 2 amide bonds. The third-order valence-electron chi connectivity index (χ3n) is 5.19. The number of carbonyl (C=O) groups is 2. The number of hydrazine groups is 1. The van der Waals surface area contributed by atoms with E-state index < -0.39 is 11.8 Å². The lowest BCUT2D eigenvalue weighted by Crippen LogP contribution is -2.42. The molecule has 4 rings (SSSR count). The van der Waals surface area contributed by atoms with Crippen molar-refractivity contribution in [1.29, 1.82) is 0 Å². The maximum absolute atomic E-state index is 13.1. The minimum absolute atomic E-state index is 0.0741. The summed E-state index contributed by atoms with van der Waals surface area (Å²) in [4.78, 5) is 30.3. The zero-order valence-corrected chi connectivity index (χ0v) is 17.9. The molecule has 0 fully saturated rings. The summed E-state index contributed by atoms with van der Waals surface area (Å²) in [6.45, 7) is 6.02. The number of hydrogen-bond acceptors (Lipinski definition) is 4. The molecule has 0 bridgehead atoms. The number of fused-ring (bicyclic) bond motifs is 1. The van der Waals surface area contributed by atoms with Gasteiger partial charge in [0.1, 0.15) is 5.69 Å². The van der Waals surface area contributed by atoms with Crippen molar-refractivity contribution >= 4 is 22.8 Å². The summed E-state index contributed by atoms with van der Waals surface area (Å²) < 4.78 is 3.46. The Labute approximate surface area is 179 Å². The highest BCUT2D eigenvalue weighted by atomic mass is 16.2. The minimum atomic E-state index is -0.437. The molecule has 0 unspecified atom stereocenters. The van der Waals surface area contributed by atoms with Gasteiger partial charge in [-0.2, -0.15) is 5.10 Å². The molecule has 0 aliphatic heterocycles. The van der Waals surface area contributed by atoms with E-state index in [4.69, 9.17) is 4.98 Å². The molecule has 0 aliphatic carbocycles. The Hall–Kier alpha value is -3.94. The first kappa shape index (κ1) is 20.3. The van der Waals surface area contributed by atoms with Gasteiger partial charge in [0.05, 0.1) is 22.8 Å². The first-order chi connectivity index (χ1) is 14.9. The molecule has 0 saturated carbocycles. The van der Waals surface area contributed by atoms with Crippen LogP contribution < -0.4 is 10.9 Å². The van der Waals surface area contributed by atoms with E-state index in [0.717, 1.165) is 11.1 Å². The molecule has 4 aromatic rings. The molecule has 1 aromatic carbocycles. The Morgan fingerprint density at radius 1 is 1.03 bits per heavy atom. The highest BCUT2D eigenvalue weighted by Crippen LogP contribution is 2.28. The number of nitrogens with zero attached hydrogens (tertiary/aromatic N) is 4. The molecule has 8 heteroatoms. The molecule has 0 saturated heterocycles. The second-order valence-electron chi connectivity index (χ2n) is 7.70. The van der Waals surface area contributed by atoms with Crippen molar-refractivity contribution in [3.8, 4) is 11.3 Å². The largest absolute Gasteiger partial charge is 0.347 e. The summed E-state index contributed by atoms with van der Waals surface area (Å²) in [6, 6.07) is 13.1. The van der Waals surface area contributed by atoms with Gasteiger partial charge in [0, 0.05) is 24.8 Å². The number of aryl methyl sites for hydroxylation is 2. The zero-order valence-electron chi connectivity index (χ0n) is 17.9. The van der Waals surface area contributed by atoms with Gasteiger partial charge in [0.2, 0.25) is 0 Å². The Kier molecular flexibility index (Phi) is 5.29. The predicted octanol–water partition coefficient (Wildman–Crippen LogP) is 3.40. The van der Waals surface area contributed by atoms with Crippen molar-refractivity contribution in [3.63, 3.8) is 0 Å². The second-order valence-corrected chi connectivity index (χ2v) is 7.70. The second kappa shape index (κ2) is 8.06. The highest BCUT2D eigenvalue weighted by Gasteiger charge is 2.20. The molecule has 158 valence electrons. The lowest BCUT2D eigenvalue weighted by atomic mass is 10.0. The topological polar surface area (TPSA) is 93.8 Å². The molecular formula is C23H24N6O2. The molecule has 31 heavy (non-hydrogen) atoms. The van der Waals surface area contributed by atoms with Crippen molar-refractivity contribution < 1.29 is 9.59 Å². The molecule has 2 N–H and O–H groups in total. The van der Waals surface area contributed by atoms with E-state index >= 15 is 0 Å². The maximum Gasteiger partial charge on any atom is 0.286 e. The quantitative estimate of drug-likeness (QED) is 0.499. The number of carbonyl (C=O) groups excluding carboxylic acids is 2. The van der Waals surface area contributed by atoms with Crippen LogP contribution in [0.4, 0.5) is 0 Å². The molecule has 0 spiro atoms. The van der Waals surface area contributed by atoms with E-state index in [0.29, 0.717) is 28.0 Å². The van der Waals surface area contributed by atoms with Crippen LogP contribution in [0, 0.1) is 6.92 Å². The van der Waals surface area contributed by atoms with Gasteiger partial charge >= 0.3 is 0 Å². The van der Waals surface area contributed by atoms with E-state index in [1.165, 1.54) is 0 Å². The molecule has 0 aliphatic rings. The van der Waals surface area contributed by atoms with Crippen molar-refractivity contribution in [1.82, 2.24) is 30.2 Å². The minimum Gasteiger partial charge on any atom is -0.347 e. The Morgan fingerprint density at radius 2 is 1.77 bits per heavy atom. The number of hydrogen-bond donors (Lipinski definition) is 2. The van der Waals surface area contributed by atoms with Crippen LogP contribution in [0.3, 0.4) is 0 Å². The van der Waals surface area contributed by atoms with E-state index in [-0.39, 0.29) is 6.04 Å². The van der Waals surface area contributed by atoms with E-state index in [2.05, 4.69) is 16.0 Å². The number of pyridine rings is 1. The lowest BCUT2D eigenvalue weighted by molar-refractivity contribution is 0.0843. The summed E-state index contributed by atoms with van der Waals surface area (Å²) in [7, 11) is 1.76. The Morgan fingerprint density at radius 3 is 2.45 bits per heavy atom. The number of aromatic nitrogens is 4. The standard InChI is InChI=1S/C23H24N6O2/c1-14(2)29-21-18(13-24-29)17(12-19(25-21)16-9-6-5-8-15(16)3)22(30)26-27-23(31)20-10-7-11-28(20)4/h5-14H,1-4H3,(H,26,30)(H,27,31). The summed E-state index contributed by atoms with van der Waals surface area (Å²) in [6.07, 6.45) is 3.40. The van der Waals surface area contributed by atoms with Gasteiger partial charge in [-0.25, -0.2) is 9.67 Å². The molecule has 0 radical (unpaired) electrons. The summed E-state index contributed by atoms with van der Waals surface area (Å²) in [5.74, 6) is -0.837. The van der Waals surface area contributed by atoms with Gasteiger partial charge in [0.25, 0.3) is 11.8 Å². The summed E-state index contributed by atoms with van der Waals surface area (Å²) in [5, 5.41) is 5.05. The third-order valence-corrected chi connectivity index (χ3v) is 5.19. The zero-order chi connectivity index (χ0) is 22.1. The van der Waals surface area contributed by atoms with Crippen molar-refractivity contribution in [3.05, 3.63) is 71.7 Å². The predicted molar refractivity (Wildman–Crippen MR) is 118 cm³/mol. The van der Waals surface area contributed by atoms with Crippen molar-refractivity contribution in [2.24, 2.45) is 7.05 Å². The summed E-state index contributed by atoms with van der Waals surface area (Å²) in [5.41, 5.74) is 9.11. The smallest absolute Gasteiger partial charge is 0.286 e. The average Bonchev–Trinajstić information content (AvgIpc) is 3.37. The number of rotatable bonds is 4. The van der Waals surface area contributed by atoms with Crippen LogP contribution in [0.5, 0.6) is 0 Å². The Balaban J connectivity index is 1.73. The van der Waals surface area contributed by atoms with Gasteiger partial charge in [-0.05, 0) is 44.5 Å². The van der Waals surface area contributed by atoms with Crippen LogP contribution in [0.25, 0.3) is 22.3 Å². The monoisotopic (exact) mass is 416 g/mol. The number of amides is 2. The fourth-order valence-electron chi connectivity index (χ4n) is 3.52. The number of nitrogens with one attached hydrogen (secondary N) is 2. The summed E-state index contributed by atoms with van der Waals surface area (Å²) >= 11 is 0. The molecular weight excluding hydrogens is 392 g/mol. The Bertz CT molecular complexity index is 1280. The van der Waals surface area contributed by atoms with Gasteiger partial charge in [0.15, 0.2) is 5.65 Å². The van der Waals surface area contributed by atoms with Crippen LogP contribution in [0.2, 0.25) is 0 Å². The van der Waals surface area contributed by atoms with Gasteiger partial charge < -0.3 is 4.57 Å². The fourth-order valence-corrected chi connectivity index (χ4v) is 3.52. The van der Waals surface area contributed by atoms with Crippen LogP contribution in [-0.4, -0.2) is 31.1 Å². The van der Waals surface area contributed by atoms with Crippen molar-refractivity contribution in [2.75, 3.05) is 0 Å². The van der Waals surface area contributed by atoms with Gasteiger partial charge in [-0.3, -0.25) is 20.4 Å². The highest BCUT2D eigenvalue weighted by molar-refractivity contribution is 6.07. The first-order valence-corrected chi connectivity index (χ1v) is 10.0. The third kappa shape index (κ3) is 3.79. The van der Waals surface area contributed by atoms with Crippen LogP contribution >= 0.6 is 0 Å². The molecule has 3 aromatic heterocycles. The lowest BCUT2D eigenvalue weighted by Gasteiger charge is -2.12. The first-order valence-electron chi connectivity index (χ1n) is 10.0. The molecule has 0 atom stereocenters. The average molecular weight is 416 g/mol. The van der Waals surface area contributed by atoms with Gasteiger partial charge in [-0.1, -0.05) is 24.3 Å². The fraction of sp³-hybridized carbons (Fsp3) is 0.217. The molecule has 8 nitrogen and oxygen atoms in total. The van der Waals surface area contributed by atoms with Gasteiger partial charge in [-0.15, -0.1) is 0 Å². The van der Waals surface area contributed by atoms with E-state index in [9.17, 15) is 9.59 Å². The van der Waals surface area contributed by atoms with E-state index in [1.54, 1.807) is 46.9 Å². The number of benzene rings is 1. The SMILES string of the molecule is Cc1ccccc1-c1cc(C(=O)NNC(=O)c2cccn2C)c2cnn(C(C)C)c2n1. The molecule has 3 heterocycles. The van der Waals surface area contributed by atoms with Crippen LogP contribution in [0.1, 0.15) is 46.3 Å². The van der Waals surface area contributed by atoms with Crippen LogP contribution in [-0.2, 0) is 7.05 Å².